The molecular weight excluding hydrogens is 462 g/mol. The molecule has 1 saturated heterocycles. The number of likely N-dealkylation sites (tertiary alicyclic amines) is 1. The monoisotopic (exact) mass is 493 g/mol. The molecule has 0 aromatic heterocycles. The van der Waals surface area contributed by atoms with Crippen molar-refractivity contribution in [2.45, 2.75) is 25.7 Å². The molecule has 1 fully saturated rings. The highest BCUT2D eigenvalue weighted by Gasteiger charge is 2.20. The molecule has 8 nitrogen and oxygen atoms in total. The molecule has 3 rings (SSSR count). The van der Waals surface area contributed by atoms with Crippen molar-refractivity contribution in [3.63, 3.8) is 0 Å². The average molecular weight is 494 g/mol. The number of ketones is 2. The van der Waals surface area contributed by atoms with Crippen molar-refractivity contribution in [1.82, 2.24) is 4.90 Å². The van der Waals surface area contributed by atoms with Gasteiger partial charge in [-0.1, -0.05) is 24.3 Å². The first-order chi connectivity index (χ1) is 17.4. The van der Waals surface area contributed by atoms with E-state index in [-0.39, 0.29) is 18.0 Å². The normalized spacial score (nSPS) is 13.6. The number of hydrogen-bond donors (Lipinski definition) is 0. The average Bonchev–Trinajstić information content (AvgIpc) is 2.91. The number of hydrogen-bond acceptors (Lipinski definition) is 7. The minimum Gasteiger partial charge on any atom is -0.493 e. The van der Waals surface area contributed by atoms with E-state index >= 15 is 0 Å². The fourth-order valence-electron chi connectivity index (χ4n) is 3.73. The lowest BCUT2D eigenvalue weighted by Gasteiger charge is -2.25. The Morgan fingerprint density at radius 3 is 1.75 bits per heavy atom. The summed E-state index contributed by atoms with van der Waals surface area (Å²) in [5, 5.41) is 0. The van der Waals surface area contributed by atoms with Crippen LogP contribution in [0, 0.1) is 0 Å². The molecule has 1 amide bonds. The van der Waals surface area contributed by atoms with Gasteiger partial charge in [-0.2, -0.15) is 0 Å². The van der Waals surface area contributed by atoms with Crippen LogP contribution in [0.15, 0.2) is 48.6 Å². The predicted molar refractivity (Wildman–Crippen MR) is 137 cm³/mol. The Kier molecular flexibility index (Phi) is 9.68. The molecule has 0 N–H and O–H groups in total. The van der Waals surface area contributed by atoms with E-state index < -0.39 is 6.09 Å². The van der Waals surface area contributed by atoms with E-state index in [1.165, 1.54) is 26.4 Å². The lowest BCUT2D eigenvalue weighted by atomic mass is 10.1. The minimum absolute atomic E-state index is 0.261. The van der Waals surface area contributed by atoms with Gasteiger partial charge in [0.05, 0.1) is 27.8 Å². The van der Waals surface area contributed by atoms with Crippen molar-refractivity contribution >= 4 is 29.8 Å². The second kappa shape index (κ2) is 13.1. The zero-order valence-electron chi connectivity index (χ0n) is 20.8. The van der Waals surface area contributed by atoms with Crippen LogP contribution in [0.2, 0.25) is 0 Å². The lowest BCUT2D eigenvalue weighted by molar-refractivity contribution is -0.121. The molecule has 0 atom stereocenters. The summed E-state index contributed by atoms with van der Waals surface area (Å²) in [6, 6.07) is 10.3. The van der Waals surface area contributed by atoms with E-state index in [1.807, 2.05) is 0 Å². The van der Waals surface area contributed by atoms with E-state index in [4.69, 9.17) is 18.9 Å². The molecule has 1 aliphatic rings. The molecule has 2 aromatic carbocycles. The molecule has 0 spiro atoms. The first kappa shape index (κ1) is 26.5. The Morgan fingerprint density at radius 1 is 0.722 bits per heavy atom. The fraction of sp³-hybridized carbons (Fsp3) is 0.321. The molecule has 0 aliphatic carbocycles. The summed E-state index contributed by atoms with van der Waals surface area (Å²) in [6.45, 7) is 1.37. The molecule has 0 radical (unpaired) electrons. The van der Waals surface area contributed by atoms with Gasteiger partial charge in [-0.05, 0) is 66.8 Å². The standard InChI is InChI=1S/C28H31NO7/c1-33-24-13-9-20(17-26(24)34-2)7-11-22(30)19-23(31)12-8-21-10-14-25(27(18-21)35-3)36-28(32)29-15-5-4-6-16-29/h7-14,17-18H,4-6,15-16,19H2,1-3H3/b11-7+,12-8+. The van der Waals surface area contributed by atoms with Gasteiger partial charge >= 0.3 is 6.09 Å². The van der Waals surface area contributed by atoms with Gasteiger partial charge in [-0.3, -0.25) is 9.59 Å². The molecule has 36 heavy (non-hydrogen) atoms. The number of carbonyl (C=O) groups is 3. The van der Waals surface area contributed by atoms with Crippen molar-refractivity contribution in [3.05, 3.63) is 59.7 Å². The summed E-state index contributed by atoms with van der Waals surface area (Å²) in [5.41, 5.74) is 1.42. The van der Waals surface area contributed by atoms with Crippen LogP contribution in [0.25, 0.3) is 12.2 Å². The van der Waals surface area contributed by atoms with Gasteiger partial charge in [0.2, 0.25) is 0 Å². The number of nitrogens with zero attached hydrogens (tertiary/aromatic N) is 1. The van der Waals surface area contributed by atoms with Crippen molar-refractivity contribution in [2.24, 2.45) is 0 Å². The zero-order chi connectivity index (χ0) is 25.9. The molecule has 0 unspecified atom stereocenters. The largest absolute Gasteiger partial charge is 0.493 e. The maximum absolute atomic E-state index is 12.4. The molecule has 8 heteroatoms. The van der Waals surface area contributed by atoms with Crippen molar-refractivity contribution < 1.29 is 33.3 Å². The third kappa shape index (κ3) is 7.46. The lowest BCUT2D eigenvalue weighted by Crippen LogP contribution is -2.37. The summed E-state index contributed by atoms with van der Waals surface area (Å²) in [6.07, 6.45) is 8.32. The third-order valence-corrected chi connectivity index (χ3v) is 5.68. The van der Waals surface area contributed by atoms with Crippen LogP contribution in [0.3, 0.4) is 0 Å². The maximum atomic E-state index is 12.4. The summed E-state index contributed by atoms with van der Waals surface area (Å²) >= 11 is 0. The van der Waals surface area contributed by atoms with Gasteiger partial charge in [-0.25, -0.2) is 4.79 Å². The summed E-state index contributed by atoms with van der Waals surface area (Å²) in [7, 11) is 4.56. The Hall–Kier alpha value is -4.07. The Labute approximate surface area is 211 Å². The number of amides is 1. The highest BCUT2D eigenvalue weighted by atomic mass is 16.6. The van der Waals surface area contributed by atoms with Gasteiger partial charge in [0.1, 0.15) is 0 Å². The van der Waals surface area contributed by atoms with Crippen LogP contribution in [-0.2, 0) is 9.59 Å². The molecular formula is C28H31NO7. The zero-order valence-corrected chi connectivity index (χ0v) is 20.8. The molecule has 190 valence electrons. The highest BCUT2D eigenvalue weighted by Crippen LogP contribution is 2.30. The smallest absolute Gasteiger partial charge is 0.415 e. The molecule has 2 aromatic rings. The predicted octanol–water partition coefficient (Wildman–Crippen LogP) is 4.95. The van der Waals surface area contributed by atoms with Crippen molar-refractivity contribution in [3.8, 4) is 23.0 Å². The first-order valence-corrected chi connectivity index (χ1v) is 11.7. The van der Waals surface area contributed by atoms with Gasteiger partial charge in [0.15, 0.2) is 34.6 Å². The molecule has 1 aliphatic heterocycles. The van der Waals surface area contributed by atoms with Crippen molar-refractivity contribution in [2.75, 3.05) is 34.4 Å². The van der Waals surface area contributed by atoms with Gasteiger partial charge < -0.3 is 23.8 Å². The van der Waals surface area contributed by atoms with Crippen molar-refractivity contribution in [1.29, 1.82) is 0 Å². The highest BCUT2D eigenvalue weighted by molar-refractivity contribution is 6.10. The maximum Gasteiger partial charge on any atom is 0.415 e. The van der Waals surface area contributed by atoms with E-state index in [2.05, 4.69) is 0 Å². The minimum atomic E-state index is -0.397. The van der Waals surface area contributed by atoms with Gasteiger partial charge in [0, 0.05) is 13.1 Å². The van der Waals surface area contributed by atoms with Crippen LogP contribution in [0.5, 0.6) is 23.0 Å². The molecule has 0 saturated carbocycles. The SMILES string of the molecule is COc1ccc(/C=C/C(=O)CC(=O)/C=C/c2ccc(OC(=O)N3CCCCC3)c(OC)c2)cc1OC. The van der Waals surface area contributed by atoms with E-state index in [1.54, 1.807) is 60.6 Å². The Balaban J connectivity index is 1.56. The number of benzene rings is 2. The summed E-state index contributed by atoms with van der Waals surface area (Å²) < 4.78 is 21.3. The van der Waals surface area contributed by atoms with Crippen LogP contribution in [0.4, 0.5) is 4.79 Å². The van der Waals surface area contributed by atoms with E-state index in [0.29, 0.717) is 41.7 Å². The molecule has 0 bridgehead atoms. The van der Waals surface area contributed by atoms with Crippen LogP contribution in [-0.4, -0.2) is 57.0 Å². The fourth-order valence-corrected chi connectivity index (χ4v) is 3.73. The second-order valence-corrected chi connectivity index (χ2v) is 8.22. The second-order valence-electron chi connectivity index (χ2n) is 8.22. The first-order valence-electron chi connectivity index (χ1n) is 11.7. The van der Waals surface area contributed by atoms with Crippen LogP contribution in [0.1, 0.15) is 36.8 Å². The van der Waals surface area contributed by atoms with E-state index in [9.17, 15) is 14.4 Å². The topological polar surface area (TPSA) is 91.4 Å². The van der Waals surface area contributed by atoms with Crippen LogP contribution < -0.4 is 18.9 Å². The summed E-state index contributed by atoms with van der Waals surface area (Å²) in [5.74, 6) is 1.17. The molecule has 1 heterocycles. The third-order valence-electron chi connectivity index (χ3n) is 5.68. The number of allylic oxidation sites excluding steroid dienone is 2. The van der Waals surface area contributed by atoms with Gasteiger partial charge in [0.25, 0.3) is 0 Å². The van der Waals surface area contributed by atoms with E-state index in [0.717, 1.165) is 24.8 Å². The number of rotatable bonds is 10. The number of carbonyl (C=O) groups excluding carboxylic acids is 3. The number of methoxy groups -OCH3 is 3. The number of ether oxygens (including phenoxy) is 4. The number of piperidine rings is 1. The Morgan fingerprint density at radius 2 is 1.22 bits per heavy atom. The summed E-state index contributed by atoms with van der Waals surface area (Å²) in [4.78, 5) is 38.6. The Bertz CT molecular complexity index is 1150. The quantitative estimate of drug-likeness (QED) is 0.342. The van der Waals surface area contributed by atoms with Crippen LogP contribution >= 0.6 is 0 Å². The van der Waals surface area contributed by atoms with Gasteiger partial charge in [-0.15, -0.1) is 0 Å².